The van der Waals surface area contributed by atoms with Crippen molar-refractivity contribution in [2.24, 2.45) is 0 Å². The van der Waals surface area contributed by atoms with E-state index in [-0.39, 0.29) is 12.1 Å². The zero-order valence-electron chi connectivity index (χ0n) is 8.79. The Labute approximate surface area is 103 Å². The van der Waals surface area contributed by atoms with Gasteiger partial charge in [0.1, 0.15) is 0 Å². The van der Waals surface area contributed by atoms with Crippen molar-refractivity contribution >= 4 is 27.6 Å². The first-order valence-electron chi connectivity index (χ1n) is 5.28. The summed E-state index contributed by atoms with van der Waals surface area (Å²) in [6.45, 7) is 1.83. The van der Waals surface area contributed by atoms with Crippen molar-refractivity contribution in [3.8, 4) is 0 Å². The maximum Gasteiger partial charge on any atom is 0.319 e. The van der Waals surface area contributed by atoms with Crippen LogP contribution in [-0.2, 0) is 0 Å². The van der Waals surface area contributed by atoms with Crippen LogP contribution in [0.25, 0.3) is 0 Å². The van der Waals surface area contributed by atoms with Crippen LogP contribution >= 0.6 is 15.9 Å². The molecule has 1 heterocycles. The Hall–Kier alpha value is -1.07. The van der Waals surface area contributed by atoms with E-state index in [1.54, 1.807) is 0 Å². The lowest BCUT2D eigenvalue weighted by atomic mass is 10.3. The third kappa shape index (κ3) is 3.21. The van der Waals surface area contributed by atoms with E-state index in [1.165, 1.54) is 0 Å². The molecule has 0 spiro atoms. The molecule has 1 fully saturated rings. The monoisotopic (exact) mass is 283 g/mol. The molecular formula is C11H14BrN3O. The normalized spacial score (nSPS) is 19.4. The highest BCUT2D eigenvalue weighted by atomic mass is 79.9. The number of benzene rings is 1. The van der Waals surface area contributed by atoms with Gasteiger partial charge < -0.3 is 16.0 Å². The molecule has 1 atom stereocenters. The fourth-order valence-corrected chi connectivity index (χ4v) is 2.10. The summed E-state index contributed by atoms with van der Waals surface area (Å²) in [5.41, 5.74) is 0.790. The van der Waals surface area contributed by atoms with Gasteiger partial charge >= 0.3 is 6.03 Å². The SMILES string of the molecule is O=C(Nc1cccc(Br)c1)NC1CCNC1. The quantitative estimate of drug-likeness (QED) is 0.777. The first-order valence-corrected chi connectivity index (χ1v) is 6.07. The fourth-order valence-electron chi connectivity index (χ4n) is 1.70. The van der Waals surface area contributed by atoms with Gasteiger partial charge in [-0.3, -0.25) is 0 Å². The summed E-state index contributed by atoms with van der Waals surface area (Å²) in [6, 6.07) is 7.63. The number of urea groups is 1. The van der Waals surface area contributed by atoms with Gasteiger partial charge in [-0.1, -0.05) is 22.0 Å². The van der Waals surface area contributed by atoms with Crippen molar-refractivity contribution < 1.29 is 4.79 Å². The summed E-state index contributed by atoms with van der Waals surface area (Å²) in [7, 11) is 0. The summed E-state index contributed by atoms with van der Waals surface area (Å²) in [6.07, 6.45) is 0.992. The van der Waals surface area contributed by atoms with E-state index in [9.17, 15) is 4.79 Å². The highest BCUT2D eigenvalue weighted by Gasteiger charge is 2.16. The van der Waals surface area contributed by atoms with Crippen molar-refractivity contribution in [1.82, 2.24) is 10.6 Å². The number of carbonyl (C=O) groups excluding carboxylic acids is 1. The highest BCUT2D eigenvalue weighted by Crippen LogP contribution is 2.15. The molecule has 1 aliphatic rings. The van der Waals surface area contributed by atoms with Gasteiger partial charge in [-0.2, -0.15) is 0 Å². The van der Waals surface area contributed by atoms with Crippen molar-refractivity contribution in [1.29, 1.82) is 0 Å². The molecule has 16 heavy (non-hydrogen) atoms. The molecule has 1 saturated heterocycles. The van der Waals surface area contributed by atoms with E-state index in [0.717, 1.165) is 29.7 Å². The van der Waals surface area contributed by atoms with Crippen molar-refractivity contribution in [2.45, 2.75) is 12.5 Å². The molecule has 0 aliphatic carbocycles. The number of rotatable bonds is 2. The molecule has 0 radical (unpaired) electrons. The van der Waals surface area contributed by atoms with Gasteiger partial charge in [0.15, 0.2) is 0 Å². The first-order chi connectivity index (χ1) is 7.74. The maximum atomic E-state index is 11.6. The molecule has 1 unspecified atom stereocenters. The average Bonchev–Trinajstić information content (AvgIpc) is 2.70. The van der Waals surface area contributed by atoms with Crippen LogP contribution in [-0.4, -0.2) is 25.2 Å². The molecule has 1 aliphatic heterocycles. The molecule has 2 rings (SSSR count). The van der Waals surface area contributed by atoms with E-state index in [4.69, 9.17) is 0 Å². The first kappa shape index (κ1) is 11.4. The summed E-state index contributed by atoms with van der Waals surface area (Å²) in [5.74, 6) is 0. The average molecular weight is 284 g/mol. The molecule has 1 aromatic rings. The van der Waals surface area contributed by atoms with Crippen LogP contribution < -0.4 is 16.0 Å². The van der Waals surface area contributed by atoms with Gasteiger partial charge in [-0.25, -0.2) is 4.79 Å². The zero-order chi connectivity index (χ0) is 11.4. The van der Waals surface area contributed by atoms with Gasteiger partial charge in [0.2, 0.25) is 0 Å². The van der Waals surface area contributed by atoms with Crippen LogP contribution in [0.15, 0.2) is 28.7 Å². The van der Waals surface area contributed by atoms with Gasteiger partial charge in [0.25, 0.3) is 0 Å². The van der Waals surface area contributed by atoms with Gasteiger partial charge in [0, 0.05) is 22.7 Å². The minimum absolute atomic E-state index is 0.146. The summed E-state index contributed by atoms with van der Waals surface area (Å²) < 4.78 is 0.952. The van der Waals surface area contributed by atoms with Crippen LogP contribution in [0.2, 0.25) is 0 Å². The van der Waals surface area contributed by atoms with E-state index in [1.807, 2.05) is 24.3 Å². The molecule has 4 nitrogen and oxygen atoms in total. The van der Waals surface area contributed by atoms with Crippen LogP contribution in [0.5, 0.6) is 0 Å². The minimum Gasteiger partial charge on any atom is -0.334 e. The summed E-state index contributed by atoms with van der Waals surface area (Å²) >= 11 is 3.36. The standard InChI is InChI=1S/C11H14BrN3O/c12-8-2-1-3-9(6-8)14-11(16)15-10-4-5-13-7-10/h1-3,6,10,13H,4-5,7H2,(H2,14,15,16). The Morgan fingerprint density at radius 1 is 1.50 bits per heavy atom. The minimum atomic E-state index is -0.146. The number of amides is 2. The molecule has 86 valence electrons. The van der Waals surface area contributed by atoms with Crippen LogP contribution in [0, 0.1) is 0 Å². The largest absolute Gasteiger partial charge is 0.334 e. The van der Waals surface area contributed by atoms with Crippen LogP contribution in [0.3, 0.4) is 0 Å². The third-order valence-corrected chi connectivity index (χ3v) is 2.97. The number of hydrogen-bond donors (Lipinski definition) is 3. The smallest absolute Gasteiger partial charge is 0.319 e. The fraction of sp³-hybridized carbons (Fsp3) is 0.364. The van der Waals surface area contributed by atoms with Crippen molar-refractivity contribution in [3.63, 3.8) is 0 Å². The summed E-state index contributed by atoms with van der Waals surface area (Å²) in [4.78, 5) is 11.6. The number of anilines is 1. The summed E-state index contributed by atoms with van der Waals surface area (Å²) in [5, 5.41) is 8.92. The van der Waals surface area contributed by atoms with Gasteiger partial charge in [-0.15, -0.1) is 0 Å². The van der Waals surface area contributed by atoms with E-state index < -0.39 is 0 Å². The molecule has 5 heteroatoms. The molecule has 0 aromatic heterocycles. The lowest BCUT2D eigenvalue weighted by molar-refractivity contribution is 0.249. The molecule has 0 saturated carbocycles. The third-order valence-electron chi connectivity index (χ3n) is 2.48. The maximum absolute atomic E-state index is 11.6. The second-order valence-electron chi connectivity index (χ2n) is 3.80. The number of nitrogens with one attached hydrogen (secondary N) is 3. The number of halogens is 1. The Balaban J connectivity index is 1.86. The van der Waals surface area contributed by atoms with E-state index >= 15 is 0 Å². The Morgan fingerprint density at radius 2 is 2.38 bits per heavy atom. The molecule has 1 aromatic carbocycles. The van der Waals surface area contributed by atoms with Crippen LogP contribution in [0.1, 0.15) is 6.42 Å². The molecule has 0 bridgehead atoms. The zero-order valence-corrected chi connectivity index (χ0v) is 10.4. The van der Waals surface area contributed by atoms with Gasteiger partial charge in [-0.05, 0) is 31.2 Å². The molecule has 2 amide bonds. The van der Waals surface area contributed by atoms with E-state index in [2.05, 4.69) is 31.9 Å². The highest BCUT2D eigenvalue weighted by molar-refractivity contribution is 9.10. The molecule has 3 N–H and O–H groups in total. The predicted octanol–water partition coefficient (Wildman–Crippen LogP) is 1.93. The Morgan fingerprint density at radius 3 is 3.06 bits per heavy atom. The second-order valence-corrected chi connectivity index (χ2v) is 4.71. The number of hydrogen-bond acceptors (Lipinski definition) is 2. The Kier molecular flexibility index (Phi) is 3.79. The van der Waals surface area contributed by atoms with Gasteiger partial charge in [0.05, 0.1) is 0 Å². The van der Waals surface area contributed by atoms with Crippen molar-refractivity contribution in [2.75, 3.05) is 18.4 Å². The van der Waals surface area contributed by atoms with Crippen LogP contribution in [0.4, 0.5) is 10.5 Å². The van der Waals surface area contributed by atoms with E-state index in [0.29, 0.717) is 0 Å². The predicted molar refractivity (Wildman–Crippen MR) is 67.6 cm³/mol. The van der Waals surface area contributed by atoms with Crippen molar-refractivity contribution in [3.05, 3.63) is 28.7 Å². The number of carbonyl (C=O) groups is 1. The lowest BCUT2D eigenvalue weighted by Crippen LogP contribution is -2.39. The lowest BCUT2D eigenvalue weighted by Gasteiger charge is -2.12. The Bertz CT molecular complexity index is 377. The molecular weight excluding hydrogens is 270 g/mol. The topological polar surface area (TPSA) is 53.2 Å². The second kappa shape index (κ2) is 5.32.